The minimum Gasteiger partial charge on any atom is -0.478 e. The van der Waals surface area contributed by atoms with Crippen molar-refractivity contribution in [2.45, 2.75) is 12.8 Å². The van der Waals surface area contributed by atoms with Crippen LogP contribution in [0.5, 0.6) is 0 Å². The highest BCUT2D eigenvalue weighted by atomic mass is 16.4. The van der Waals surface area contributed by atoms with Gasteiger partial charge in [0.2, 0.25) is 0 Å². The molecule has 0 unspecified atom stereocenters. The molecular weight excluding hydrogens is 246 g/mol. The molecule has 1 aromatic rings. The molecule has 0 radical (unpaired) electrons. The molecule has 0 aliphatic heterocycles. The summed E-state index contributed by atoms with van der Waals surface area (Å²) >= 11 is 0. The maximum absolute atomic E-state index is 12.1. The van der Waals surface area contributed by atoms with Gasteiger partial charge in [-0.2, -0.15) is 0 Å². The summed E-state index contributed by atoms with van der Waals surface area (Å²) < 4.78 is 0. The predicted molar refractivity (Wildman–Crippen MR) is 69.4 cm³/mol. The van der Waals surface area contributed by atoms with E-state index in [4.69, 9.17) is 5.11 Å². The van der Waals surface area contributed by atoms with Crippen LogP contribution in [0.25, 0.3) is 5.57 Å². The van der Waals surface area contributed by atoms with Crippen molar-refractivity contribution in [2.24, 2.45) is 0 Å². The number of hydrogen-bond donors (Lipinski definition) is 3. The van der Waals surface area contributed by atoms with E-state index in [9.17, 15) is 14.7 Å². The van der Waals surface area contributed by atoms with Crippen molar-refractivity contribution >= 4 is 17.4 Å². The molecule has 19 heavy (non-hydrogen) atoms. The second-order valence-corrected chi connectivity index (χ2v) is 4.30. The van der Waals surface area contributed by atoms with Crippen molar-refractivity contribution in [3.8, 4) is 0 Å². The molecule has 1 amide bonds. The molecule has 3 N–H and O–H groups in total. The van der Waals surface area contributed by atoms with Crippen LogP contribution in [-0.4, -0.2) is 35.2 Å². The van der Waals surface area contributed by atoms with Crippen LogP contribution in [0.15, 0.2) is 29.8 Å². The first kappa shape index (κ1) is 13.3. The number of fused-ring (bicyclic) bond motifs is 1. The molecule has 0 heterocycles. The summed E-state index contributed by atoms with van der Waals surface area (Å²) in [6.45, 7) is -0.0690. The number of aliphatic hydroxyl groups is 1. The van der Waals surface area contributed by atoms with Crippen LogP contribution in [0.2, 0.25) is 0 Å². The molecule has 0 saturated heterocycles. The Labute approximate surface area is 110 Å². The second kappa shape index (κ2) is 5.67. The van der Waals surface area contributed by atoms with Crippen LogP contribution in [0, 0.1) is 0 Å². The zero-order valence-corrected chi connectivity index (χ0v) is 10.3. The van der Waals surface area contributed by atoms with E-state index < -0.39 is 11.9 Å². The summed E-state index contributed by atoms with van der Waals surface area (Å²) in [5, 5.41) is 20.5. The molecule has 0 saturated carbocycles. The van der Waals surface area contributed by atoms with E-state index in [1.54, 1.807) is 12.1 Å². The summed E-state index contributed by atoms with van der Waals surface area (Å²) in [5.74, 6) is -1.51. The highest BCUT2D eigenvalue weighted by Gasteiger charge is 2.27. The van der Waals surface area contributed by atoms with Gasteiger partial charge in [-0.15, -0.1) is 0 Å². The molecule has 0 spiro atoms. The Balaban J connectivity index is 2.47. The highest BCUT2D eigenvalue weighted by molar-refractivity contribution is 6.25. The minimum atomic E-state index is -1.07. The van der Waals surface area contributed by atoms with Gasteiger partial charge in [-0.1, -0.05) is 24.3 Å². The molecule has 0 atom stereocenters. The third kappa shape index (κ3) is 2.66. The number of aryl methyl sites for hydroxylation is 1. The number of nitrogens with one attached hydrogen (secondary N) is 1. The largest absolute Gasteiger partial charge is 0.478 e. The molecule has 0 fully saturated rings. The van der Waals surface area contributed by atoms with Crippen molar-refractivity contribution in [1.82, 2.24) is 5.32 Å². The Morgan fingerprint density at radius 3 is 2.63 bits per heavy atom. The van der Waals surface area contributed by atoms with Gasteiger partial charge in [0.15, 0.2) is 0 Å². The van der Waals surface area contributed by atoms with Crippen LogP contribution >= 0.6 is 0 Å². The number of carbonyl (C=O) groups is 2. The fourth-order valence-electron chi connectivity index (χ4n) is 2.26. The van der Waals surface area contributed by atoms with E-state index >= 15 is 0 Å². The van der Waals surface area contributed by atoms with Crippen LogP contribution < -0.4 is 5.32 Å². The van der Waals surface area contributed by atoms with E-state index in [0.717, 1.165) is 5.56 Å². The number of rotatable bonds is 4. The van der Waals surface area contributed by atoms with Crippen molar-refractivity contribution < 1.29 is 19.8 Å². The summed E-state index contributed by atoms with van der Waals surface area (Å²) in [6, 6.07) is 7.30. The summed E-state index contributed by atoms with van der Waals surface area (Å²) in [7, 11) is 0. The minimum absolute atomic E-state index is 0.109. The molecule has 2 rings (SSSR count). The molecule has 1 aliphatic rings. The van der Waals surface area contributed by atoms with Gasteiger partial charge in [-0.05, 0) is 24.0 Å². The lowest BCUT2D eigenvalue weighted by Crippen LogP contribution is -2.30. The number of carbonyl (C=O) groups excluding carboxylic acids is 1. The fraction of sp³-hybridized carbons (Fsp3) is 0.286. The van der Waals surface area contributed by atoms with Crippen molar-refractivity contribution in [1.29, 1.82) is 0 Å². The monoisotopic (exact) mass is 261 g/mol. The highest BCUT2D eigenvalue weighted by Crippen LogP contribution is 2.31. The first-order valence-electron chi connectivity index (χ1n) is 6.09. The van der Waals surface area contributed by atoms with Crippen molar-refractivity contribution in [2.75, 3.05) is 13.2 Å². The van der Waals surface area contributed by atoms with Gasteiger partial charge in [-0.3, -0.25) is 4.79 Å². The normalized spacial score (nSPS) is 13.9. The summed E-state index contributed by atoms with van der Waals surface area (Å²) in [6.07, 6.45) is 0.961. The molecule has 100 valence electrons. The van der Waals surface area contributed by atoms with Gasteiger partial charge in [-0.25, -0.2) is 4.79 Å². The Morgan fingerprint density at radius 1 is 1.21 bits per heavy atom. The van der Waals surface area contributed by atoms with Gasteiger partial charge in [0.25, 0.3) is 5.91 Å². The van der Waals surface area contributed by atoms with E-state index in [-0.39, 0.29) is 24.3 Å². The topological polar surface area (TPSA) is 86.6 Å². The molecule has 0 bridgehead atoms. The van der Waals surface area contributed by atoms with E-state index in [1.807, 2.05) is 12.1 Å². The number of carboxylic acid groups (broad SMARTS) is 1. The number of carboxylic acids is 1. The van der Waals surface area contributed by atoms with Gasteiger partial charge >= 0.3 is 5.97 Å². The van der Waals surface area contributed by atoms with Crippen LogP contribution in [-0.2, 0) is 16.0 Å². The predicted octanol–water partition coefficient (Wildman–Crippen LogP) is 0.579. The first-order chi connectivity index (χ1) is 9.15. The fourth-order valence-corrected chi connectivity index (χ4v) is 2.26. The van der Waals surface area contributed by atoms with E-state index in [0.29, 0.717) is 18.4 Å². The summed E-state index contributed by atoms with van der Waals surface area (Å²) in [4.78, 5) is 23.4. The lowest BCUT2D eigenvalue weighted by Gasteiger charge is -2.20. The van der Waals surface area contributed by atoms with Crippen LogP contribution in [0.3, 0.4) is 0 Å². The van der Waals surface area contributed by atoms with Crippen molar-refractivity contribution in [3.63, 3.8) is 0 Å². The lowest BCUT2D eigenvalue weighted by molar-refractivity contribution is -0.133. The Kier molecular flexibility index (Phi) is 3.97. The van der Waals surface area contributed by atoms with Crippen molar-refractivity contribution in [3.05, 3.63) is 41.0 Å². The Morgan fingerprint density at radius 2 is 1.95 bits per heavy atom. The molecule has 5 nitrogen and oxygen atoms in total. The maximum atomic E-state index is 12.1. The number of aliphatic hydroxyl groups excluding tert-OH is 1. The molecule has 1 aromatic carbocycles. The van der Waals surface area contributed by atoms with Crippen LogP contribution in [0.1, 0.15) is 17.5 Å². The quantitative estimate of drug-likeness (QED) is 0.740. The third-order valence-corrected chi connectivity index (χ3v) is 3.12. The summed E-state index contributed by atoms with van der Waals surface area (Å²) in [5.41, 5.74) is 1.99. The third-order valence-electron chi connectivity index (χ3n) is 3.12. The van der Waals surface area contributed by atoms with Crippen LogP contribution in [0.4, 0.5) is 0 Å². The first-order valence-corrected chi connectivity index (χ1v) is 6.09. The average molecular weight is 261 g/mol. The van der Waals surface area contributed by atoms with Gasteiger partial charge in [0.05, 0.1) is 17.8 Å². The molecule has 1 aliphatic carbocycles. The maximum Gasteiger partial charge on any atom is 0.332 e. The number of benzene rings is 1. The zero-order valence-electron chi connectivity index (χ0n) is 10.3. The Hall–Kier alpha value is -2.14. The SMILES string of the molecule is O=C(O)C1=C(C(=O)NCCO)c2ccccc2CC1. The number of aliphatic carboxylic acids is 1. The van der Waals surface area contributed by atoms with Gasteiger partial charge in [0.1, 0.15) is 0 Å². The molecular formula is C14H15NO4. The zero-order chi connectivity index (χ0) is 13.8. The Bertz CT molecular complexity index is 548. The standard InChI is InChI=1S/C14H15NO4/c16-8-7-15-13(17)12-10-4-2-1-3-9(10)5-6-11(12)14(18)19/h1-4,16H,5-8H2,(H,15,17)(H,18,19). The number of hydrogen-bond acceptors (Lipinski definition) is 3. The van der Waals surface area contributed by atoms with Gasteiger partial charge < -0.3 is 15.5 Å². The smallest absolute Gasteiger partial charge is 0.332 e. The average Bonchev–Trinajstić information content (AvgIpc) is 2.43. The molecule has 5 heteroatoms. The molecule has 0 aromatic heterocycles. The van der Waals surface area contributed by atoms with E-state index in [2.05, 4.69) is 5.32 Å². The lowest BCUT2D eigenvalue weighted by atomic mass is 9.85. The number of amides is 1. The van der Waals surface area contributed by atoms with E-state index in [1.165, 1.54) is 0 Å². The van der Waals surface area contributed by atoms with Gasteiger partial charge in [0, 0.05) is 6.54 Å². The second-order valence-electron chi connectivity index (χ2n) is 4.30.